The second-order valence-electron chi connectivity index (χ2n) is 7.90. The van der Waals surface area contributed by atoms with Crippen LogP contribution < -0.4 is 10.1 Å². The minimum absolute atomic E-state index is 0.0290. The van der Waals surface area contributed by atoms with E-state index in [1.54, 1.807) is 23.1 Å². The lowest BCUT2D eigenvalue weighted by atomic mass is 10.2. The van der Waals surface area contributed by atoms with Crippen molar-refractivity contribution in [2.24, 2.45) is 0 Å². The normalized spacial score (nSPS) is 16.2. The van der Waals surface area contributed by atoms with E-state index in [0.29, 0.717) is 30.0 Å². The van der Waals surface area contributed by atoms with E-state index in [1.165, 1.54) is 28.9 Å². The van der Waals surface area contributed by atoms with Crippen LogP contribution in [0.1, 0.15) is 12.5 Å². The molecule has 1 atom stereocenters. The fraction of sp³-hybridized carbons (Fsp3) is 0.217. The summed E-state index contributed by atoms with van der Waals surface area (Å²) in [5, 5.41) is 10.7. The van der Waals surface area contributed by atoms with Crippen molar-refractivity contribution in [2.45, 2.75) is 18.6 Å². The second-order valence-corrected chi connectivity index (χ2v) is 7.90. The molecule has 4 heterocycles. The fourth-order valence-electron chi connectivity index (χ4n) is 3.65. The lowest BCUT2D eigenvalue weighted by Crippen LogP contribution is -2.12. The summed E-state index contributed by atoms with van der Waals surface area (Å²) in [6.45, 7) is 1.23. The van der Waals surface area contributed by atoms with Crippen molar-refractivity contribution in [3.05, 3.63) is 67.0 Å². The Bertz CT molecular complexity index is 1440. The van der Waals surface area contributed by atoms with E-state index in [9.17, 15) is 18.0 Å². The molecule has 1 N–H and O–H groups in total. The zero-order valence-corrected chi connectivity index (χ0v) is 18.4. The Morgan fingerprint density at radius 2 is 2.08 bits per heavy atom. The number of carbonyl (C=O) groups excluding carboxylic acids is 1. The standard InChI is InChI=1S/C23H18F4N6O3/c24-21-16(30-20(34)4-7-23(25,26)27)2-1-3-19(21)36-22-18-5-8-28-33(18)12-17(31-22)14-10-29-32(11-14)15-6-9-35-13-15/h1-5,7-8,10-12,15H,6,9,13H2,(H,30,34)/b7-4+. The Morgan fingerprint density at radius 3 is 2.86 bits per heavy atom. The van der Waals surface area contributed by atoms with Gasteiger partial charge in [0.2, 0.25) is 11.8 Å². The number of nitrogens with zero attached hydrogens (tertiary/aromatic N) is 5. The van der Waals surface area contributed by atoms with Crippen molar-refractivity contribution in [2.75, 3.05) is 18.5 Å². The Hall–Kier alpha value is -4.26. The molecule has 1 saturated heterocycles. The van der Waals surface area contributed by atoms with Gasteiger partial charge in [0.15, 0.2) is 11.6 Å². The van der Waals surface area contributed by atoms with Gasteiger partial charge in [0.05, 0.1) is 42.6 Å². The van der Waals surface area contributed by atoms with E-state index in [2.05, 4.69) is 20.5 Å². The van der Waals surface area contributed by atoms with Gasteiger partial charge >= 0.3 is 6.18 Å². The number of halogens is 4. The van der Waals surface area contributed by atoms with Crippen molar-refractivity contribution < 1.29 is 31.8 Å². The van der Waals surface area contributed by atoms with Crippen molar-refractivity contribution in [1.82, 2.24) is 24.4 Å². The van der Waals surface area contributed by atoms with Gasteiger partial charge in [-0.2, -0.15) is 23.4 Å². The number of hydrogen-bond donors (Lipinski definition) is 1. The van der Waals surface area contributed by atoms with Crippen LogP contribution in [0.5, 0.6) is 11.6 Å². The SMILES string of the molecule is O=C(/C=C/C(F)(F)F)Nc1cccc(Oc2nc(-c3cnn(C4CCOC4)c3)cn3nccc23)c1F. The summed E-state index contributed by atoms with van der Waals surface area (Å²) in [5.41, 5.74) is 1.23. The number of allylic oxidation sites excluding steroid dienone is 1. The van der Waals surface area contributed by atoms with Gasteiger partial charge in [-0.15, -0.1) is 0 Å². The molecule has 186 valence electrons. The average molecular weight is 502 g/mol. The van der Waals surface area contributed by atoms with Gasteiger partial charge in [0.1, 0.15) is 5.52 Å². The first-order valence-corrected chi connectivity index (χ1v) is 10.8. The first-order valence-electron chi connectivity index (χ1n) is 10.8. The van der Waals surface area contributed by atoms with Gasteiger partial charge in [-0.3, -0.25) is 9.48 Å². The Balaban J connectivity index is 1.43. The fourth-order valence-corrected chi connectivity index (χ4v) is 3.65. The first kappa shape index (κ1) is 23.5. The molecule has 0 spiro atoms. The predicted octanol–water partition coefficient (Wildman–Crippen LogP) is 4.54. The Labute approximate surface area is 201 Å². The van der Waals surface area contributed by atoms with Crippen LogP contribution in [-0.2, 0) is 9.53 Å². The molecule has 1 aliphatic heterocycles. The molecule has 1 aliphatic rings. The maximum atomic E-state index is 15.1. The summed E-state index contributed by atoms with van der Waals surface area (Å²) in [5.74, 6) is -2.39. The smallest absolute Gasteiger partial charge is 0.409 e. The highest BCUT2D eigenvalue weighted by Gasteiger charge is 2.23. The van der Waals surface area contributed by atoms with E-state index in [0.717, 1.165) is 6.42 Å². The molecule has 5 rings (SSSR count). The highest BCUT2D eigenvalue weighted by molar-refractivity contribution is 5.99. The predicted molar refractivity (Wildman–Crippen MR) is 119 cm³/mol. The number of hydrogen-bond acceptors (Lipinski definition) is 6. The zero-order valence-electron chi connectivity index (χ0n) is 18.4. The summed E-state index contributed by atoms with van der Waals surface area (Å²) in [7, 11) is 0. The molecule has 13 heteroatoms. The van der Waals surface area contributed by atoms with Crippen LogP contribution in [0.4, 0.5) is 23.2 Å². The van der Waals surface area contributed by atoms with Crippen LogP contribution in [0.15, 0.2) is 61.2 Å². The van der Waals surface area contributed by atoms with Crippen LogP contribution in [-0.4, -0.2) is 49.7 Å². The van der Waals surface area contributed by atoms with Crippen molar-refractivity contribution >= 4 is 17.1 Å². The van der Waals surface area contributed by atoms with E-state index in [-0.39, 0.29) is 35.5 Å². The number of anilines is 1. The molecule has 9 nitrogen and oxygen atoms in total. The monoisotopic (exact) mass is 502 g/mol. The second kappa shape index (κ2) is 9.41. The molecule has 3 aromatic heterocycles. The number of fused-ring (bicyclic) bond motifs is 1. The van der Waals surface area contributed by atoms with Crippen molar-refractivity contribution in [1.29, 1.82) is 0 Å². The molecule has 0 saturated carbocycles. The Kier molecular flexibility index (Phi) is 6.14. The third-order valence-corrected chi connectivity index (χ3v) is 5.38. The summed E-state index contributed by atoms with van der Waals surface area (Å²) in [6, 6.07) is 5.63. The number of ether oxygens (including phenoxy) is 2. The number of alkyl halides is 3. The topological polar surface area (TPSA) is 95.6 Å². The number of amides is 1. The van der Waals surface area contributed by atoms with E-state index in [4.69, 9.17) is 9.47 Å². The molecule has 1 aromatic carbocycles. The van der Waals surface area contributed by atoms with Gasteiger partial charge in [0, 0.05) is 30.5 Å². The average Bonchev–Trinajstić information content (AvgIpc) is 3.60. The molecule has 0 radical (unpaired) electrons. The summed E-state index contributed by atoms with van der Waals surface area (Å²) >= 11 is 0. The summed E-state index contributed by atoms with van der Waals surface area (Å²) in [6.07, 6.45) is 2.87. The minimum atomic E-state index is -4.67. The number of carbonyl (C=O) groups is 1. The van der Waals surface area contributed by atoms with Crippen LogP contribution in [0.2, 0.25) is 0 Å². The molecular weight excluding hydrogens is 484 g/mol. The quantitative estimate of drug-likeness (QED) is 0.307. The molecular formula is C23H18F4N6O3. The lowest BCUT2D eigenvalue weighted by Gasteiger charge is -2.11. The molecule has 1 amide bonds. The minimum Gasteiger partial charge on any atom is -0.434 e. The third-order valence-electron chi connectivity index (χ3n) is 5.38. The van der Waals surface area contributed by atoms with Crippen LogP contribution in [0.25, 0.3) is 16.8 Å². The maximum Gasteiger partial charge on any atom is 0.409 e. The van der Waals surface area contributed by atoms with Crippen LogP contribution in [0.3, 0.4) is 0 Å². The number of nitrogens with one attached hydrogen (secondary N) is 1. The lowest BCUT2D eigenvalue weighted by molar-refractivity contribution is -0.112. The van der Waals surface area contributed by atoms with Crippen LogP contribution in [0, 0.1) is 5.82 Å². The van der Waals surface area contributed by atoms with Gasteiger partial charge < -0.3 is 14.8 Å². The van der Waals surface area contributed by atoms with Crippen molar-refractivity contribution in [3.63, 3.8) is 0 Å². The van der Waals surface area contributed by atoms with Crippen molar-refractivity contribution in [3.8, 4) is 22.9 Å². The van der Waals surface area contributed by atoms with E-state index >= 15 is 4.39 Å². The highest BCUT2D eigenvalue weighted by Crippen LogP contribution is 2.32. The molecule has 1 unspecified atom stereocenters. The number of aromatic nitrogens is 5. The zero-order chi connectivity index (χ0) is 25.3. The number of rotatable bonds is 6. The van der Waals surface area contributed by atoms with Crippen LogP contribution >= 0.6 is 0 Å². The molecule has 0 aliphatic carbocycles. The maximum absolute atomic E-state index is 15.1. The summed E-state index contributed by atoms with van der Waals surface area (Å²) in [4.78, 5) is 16.3. The largest absolute Gasteiger partial charge is 0.434 e. The highest BCUT2D eigenvalue weighted by atomic mass is 19.4. The van der Waals surface area contributed by atoms with Gasteiger partial charge in [-0.05, 0) is 24.6 Å². The molecule has 1 fully saturated rings. The van der Waals surface area contributed by atoms with E-state index in [1.807, 2.05) is 6.20 Å². The molecule has 36 heavy (non-hydrogen) atoms. The van der Waals surface area contributed by atoms with Gasteiger partial charge in [0.25, 0.3) is 0 Å². The molecule has 0 bridgehead atoms. The molecule has 4 aromatic rings. The summed E-state index contributed by atoms with van der Waals surface area (Å²) < 4.78 is 66.4. The third kappa shape index (κ3) is 5.05. The Morgan fingerprint density at radius 1 is 1.22 bits per heavy atom. The van der Waals surface area contributed by atoms with E-state index < -0.39 is 17.9 Å². The number of benzene rings is 1. The first-order chi connectivity index (χ1) is 17.3. The van der Waals surface area contributed by atoms with Gasteiger partial charge in [-0.1, -0.05) is 6.07 Å². The van der Waals surface area contributed by atoms with Gasteiger partial charge in [-0.25, -0.2) is 13.9 Å².